The summed E-state index contributed by atoms with van der Waals surface area (Å²) < 4.78 is 10.8. The number of hydrogen-bond donors (Lipinski definition) is 1. The number of allylic oxidation sites excluding steroid dienone is 3. The first-order valence-corrected chi connectivity index (χ1v) is 11.9. The monoisotopic (exact) mass is 510 g/mol. The van der Waals surface area contributed by atoms with Crippen molar-refractivity contribution < 1.29 is 24.0 Å². The second-order valence-corrected chi connectivity index (χ2v) is 10.2. The van der Waals surface area contributed by atoms with Crippen LogP contribution in [0.1, 0.15) is 50.7 Å². The third-order valence-corrected chi connectivity index (χ3v) is 6.83. The molecule has 0 radical (unpaired) electrons. The number of rotatable bonds is 6. The molecule has 0 saturated heterocycles. The first-order valence-electron chi connectivity index (χ1n) is 11.5. The fraction of sp³-hybridized carbons (Fsp3) is 0.333. The quantitative estimate of drug-likeness (QED) is 0.306. The van der Waals surface area contributed by atoms with Crippen LogP contribution in [0.25, 0.3) is 0 Å². The van der Waals surface area contributed by atoms with Crippen LogP contribution in [0.4, 0.5) is 5.69 Å². The van der Waals surface area contributed by atoms with E-state index in [0.29, 0.717) is 34.7 Å². The van der Waals surface area contributed by atoms with Crippen LogP contribution in [0.2, 0.25) is 5.02 Å². The number of nitro groups is 1. The molecule has 0 fully saturated rings. The van der Waals surface area contributed by atoms with Crippen LogP contribution >= 0.6 is 11.6 Å². The van der Waals surface area contributed by atoms with Gasteiger partial charge < -0.3 is 14.8 Å². The smallest absolute Gasteiger partial charge is 0.337 e. The van der Waals surface area contributed by atoms with Gasteiger partial charge in [-0.25, -0.2) is 4.79 Å². The molecular formula is C27H27ClN2O6. The van der Waals surface area contributed by atoms with Crippen molar-refractivity contribution in [3.63, 3.8) is 0 Å². The molecule has 0 saturated carbocycles. The molecule has 4 rings (SSSR count). The third kappa shape index (κ3) is 4.99. The Kier molecular flexibility index (Phi) is 6.91. The van der Waals surface area contributed by atoms with Crippen LogP contribution in [0.5, 0.6) is 5.75 Å². The molecule has 1 heterocycles. The van der Waals surface area contributed by atoms with Gasteiger partial charge in [-0.3, -0.25) is 14.9 Å². The van der Waals surface area contributed by atoms with Crippen molar-refractivity contribution in [2.75, 3.05) is 7.11 Å². The van der Waals surface area contributed by atoms with E-state index in [9.17, 15) is 19.7 Å². The summed E-state index contributed by atoms with van der Waals surface area (Å²) >= 11 is 6.52. The second-order valence-electron chi connectivity index (χ2n) is 9.82. The Bertz CT molecular complexity index is 1310. The zero-order chi connectivity index (χ0) is 26.2. The first kappa shape index (κ1) is 25.4. The second kappa shape index (κ2) is 9.78. The van der Waals surface area contributed by atoms with Crippen LogP contribution in [0.3, 0.4) is 0 Å². The summed E-state index contributed by atoms with van der Waals surface area (Å²) in [5.41, 5.74) is 2.46. The van der Waals surface area contributed by atoms with E-state index in [1.165, 1.54) is 18.2 Å². The number of Topliss-reactive ketones (excluding diaryl/α,β-unsaturated/α-hetero) is 1. The van der Waals surface area contributed by atoms with E-state index in [2.05, 4.69) is 5.32 Å². The van der Waals surface area contributed by atoms with Gasteiger partial charge in [-0.05, 0) is 48.1 Å². The number of carbonyl (C=O) groups is 2. The number of benzene rings is 2. The number of methoxy groups -OCH3 is 1. The third-order valence-electron chi connectivity index (χ3n) is 6.49. The van der Waals surface area contributed by atoms with E-state index in [4.69, 9.17) is 21.1 Å². The maximum absolute atomic E-state index is 13.5. The van der Waals surface area contributed by atoms with Gasteiger partial charge in [0.15, 0.2) is 5.78 Å². The van der Waals surface area contributed by atoms with Crippen LogP contribution in [-0.4, -0.2) is 23.8 Å². The molecule has 188 valence electrons. The topological polar surface area (TPSA) is 108 Å². The first-order chi connectivity index (χ1) is 17.0. The number of ketones is 1. The van der Waals surface area contributed by atoms with Crippen molar-refractivity contribution in [1.29, 1.82) is 0 Å². The minimum absolute atomic E-state index is 0.00186. The van der Waals surface area contributed by atoms with Crippen LogP contribution in [-0.2, 0) is 20.9 Å². The number of ether oxygens (including phenoxy) is 2. The Hall–Kier alpha value is -3.65. The molecule has 0 spiro atoms. The number of halogens is 1. The highest BCUT2D eigenvalue weighted by Gasteiger charge is 2.44. The molecule has 1 atom stereocenters. The van der Waals surface area contributed by atoms with Crippen LogP contribution in [0.15, 0.2) is 65.0 Å². The van der Waals surface area contributed by atoms with Crippen molar-refractivity contribution in [3.05, 3.63) is 91.3 Å². The predicted octanol–water partition coefficient (Wildman–Crippen LogP) is 5.60. The Morgan fingerprint density at radius 3 is 2.53 bits per heavy atom. The number of nitrogens with one attached hydrogen (secondary N) is 1. The summed E-state index contributed by atoms with van der Waals surface area (Å²) in [6, 6.07) is 11.2. The van der Waals surface area contributed by atoms with Gasteiger partial charge >= 0.3 is 5.97 Å². The van der Waals surface area contributed by atoms with E-state index >= 15 is 0 Å². The summed E-state index contributed by atoms with van der Waals surface area (Å²) in [7, 11) is 1.57. The fourth-order valence-corrected chi connectivity index (χ4v) is 5.06. The van der Waals surface area contributed by atoms with Gasteiger partial charge in [0.1, 0.15) is 12.4 Å². The lowest BCUT2D eigenvalue weighted by Crippen LogP contribution is -2.38. The number of esters is 1. The zero-order valence-electron chi connectivity index (χ0n) is 20.5. The maximum atomic E-state index is 13.5. The van der Waals surface area contributed by atoms with Gasteiger partial charge in [0, 0.05) is 46.5 Å². The molecule has 1 aliphatic heterocycles. The lowest BCUT2D eigenvalue weighted by Gasteiger charge is -2.39. The molecular weight excluding hydrogens is 484 g/mol. The van der Waals surface area contributed by atoms with Crippen LogP contribution in [0, 0.1) is 15.5 Å². The summed E-state index contributed by atoms with van der Waals surface area (Å²) in [6.07, 6.45) is 0.867. The van der Waals surface area contributed by atoms with E-state index < -0.39 is 16.8 Å². The van der Waals surface area contributed by atoms with Crippen molar-refractivity contribution in [2.24, 2.45) is 5.41 Å². The molecule has 2 aromatic rings. The molecule has 9 heteroatoms. The van der Waals surface area contributed by atoms with Crippen molar-refractivity contribution >= 4 is 29.0 Å². The van der Waals surface area contributed by atoms with E-state index in [1.807, 2.05) is 13.8 Å². The average Bonchev–Trinajstić information content (AvgIpc) is 2.81. The number of carbonyl (C=O) groups excluding carboxylic acids is 2. The van der Waals surface area contributed by atoms with Crippen molar-refractivity contribution in [1.82, 2.24) is 5.32 Å². The number of dihydropyridines is 1. The van der Waals surface area contributed by atoms with Crippen molar-refractivity contribution in [2.45, 2.75) is 46.1 Å². The minimum Gasteiger partial charge on any atom is -0.497 e. The summed E-state index contributed by atoms with van der Waals surface area (Å²) in [5, 5.41) is 15.0. The van der Waals surface area contributed by atoms with Crippen LogP contribution < -0.4 is 10.1 Å². The highest BCUT2D eigenvalue weighted by Crippen LogP contribution is 2.48. The lowest BCUT2D eigenvalue weighted by molar-refractivity contribution is -0.384. The normalized spacial score (nSPS) is 18.9. The molecule has 1 aliphatic carbocycles. The van der Waals surface area contributed by atoms with Gasteiger partial charge in [-0.1, -0.05) is 37.6 Å². The number of hydrogen-bond acceptors (Lipinski definition) is 7. The molecule has 0 aromatic heterocycles. The SMILES string of the molecule is COc1ccc(COC(=O)C2=C(C)NC3=C(C(=O)CC(C)(C)C3)C2c2cc([N+](=O)[O-])ccc2Cl)cc1. The largest absolute Gasteiger partial charge is 0.497 e. The number of nitro benzene ring substituents is 1. The molecule has 0 bridgehead atoms. The highest BCUT2D eigenvalue weighted by atomic mass is 35.5. The Morgan fingerprint density at radius 1 is 1.19 bits per heavy atom. The fourth-order valence-electron chi connectivity index (χ4n) is 4.83. The highest BCUT2D eigenvalue weighted by molar-refractivity contribution is 6.31. The summed E-state index contributed by atoms with van der Waals surface area (Å²) in [5.74, 6) is -0.971. The van der Waals surface area contributed by atoms with Crippen molar-refractivity contribution in [3.8, 4) is 5.75 Å². The van der Waals surface area contributed by atoms with Gasteiger partial charge in [0.25, 0.3) is 5.69 Å². The molecule has 0 amide bonds. The lowest BCUT2D eigenvalue weighted by atomic mass is 9.68. The Balaban J connectivity index is 1.77. The van der Waals surface area contributed by atoms with Gasteiger partial charge in [-0.15, -0.1) is 0 Å². The maximum Gasteiger partial charge on any atom is 0.337 e. The molecule has 8 nitrogen and oxygen atoms in total. The van der Waals surface area contributed by atoms with Gasteiger partial charge in [0.05, 0.1) is 17.6 Å². The minimum atomic E-state index is -0.888. The molecule has 1 unspecified atom stereocenters. The van der Waals surface area contributed by atoms with Gasteiger partial charge in [-0.2, -0.15) is 0 Å². The van der Waals surface area contributed by atoms with E-state index in [0.717, 1.165) is 5.56 Å². The zero-order valence-corrected chi connectivity index (χ0v) is 21.3. The molecule has 36 heavy (non-hydrogen) atoms. The number of non-ortho nitro benzene ring substituents is 1. The predicted molar refractivity (Wildman–Crippen MR) is 135 cm³/mol. The standard InChI is InChI=1S/C27H27ClN2O6/c1-15-23(26(32)36-14-16-5-8-18(35-4)9-6-16)24(19-11-17(30(33)34)7-10-20(19)28)25-21(29-15)12-27(2,3)13-22(25)31/h5-11,24,29H,12-14H2,1-4H3. The Morgan fingerprint density at radius 2 is 1.89 bits per heavy atom. The molecule has 2 aliphatic rings. The Labute approximate surface area is 214 Å². The van der Waals surface area contributed by atoms with E-state index in [1.54, 1.807) is 38.3 Å². The summed E-state index contributed by atoms with van der Waals surface area (Å²) in [4.78, 5) is 37.9. The molecule has 1 N–H and O–H groups in total. The average molecular weight is 511 g/mol. The molecule has 2 aromatic carbocycles. The van der Waals surface area contributed by atoms with E-state index in [-0.39, 0.29) is 40.5 Å². The number of nitrogens with zero attached hydrogens (tertiary/aromatic N) is 1. The summed E-state index contributed by atoms with van der Waals surface area (Å²) in [6.45, 7) is 5.74. The van der Waals surface area contributed by atoms with Gasteiger partial charge in [0.2, 0.25) is 0 Å².